The summed E-state index contributed by atoms with van der Waals surface area (Å²) in [5.41, 5.74) is 0.872. The maximum absolute atomic E-state index is 10.9. The predicted octanol–water partition coefficient (Wildman–Crippen LogP) is 2.60. The Morgan fingerprint density at radius 3 is 2.88 bits per heavy atom. The van der Waals surface area contributed by atoms with E-state index in [9.17, 15) is 8.42 Å². The molecule has 0 radical (unpaired) electrons. The van der Waals surface area contributed by atoms with Crippen molar-refractivity contribution >= 4 is 35.9 Å². The van der Waals surface area contributed by atoms with Crippen LogP contribution in [0.5, 0.6) is 5.75 Å². The van der Waals surface area contributed by atoms with Crippen LogP contribution in [-0.2, 0) is 19.9 Å². The zero-order chi connectivity index (χ0) is 12.0. The van der Waals surface area contributed by atoms with E-state index in [1.807, 2.05) is 6.07 Å². The van der Waals surface area contributed by atoms with Gasteiger partial charge in [0.15, 0.2) is 0 Å². The van der Waals surface area contributed by atoms with Gasteiger partial charge in [-0.25, -0.2) is 4.18 Å². The second-order valence-corrected chi connectivity index (χ2v) is 6.64. The first-order valence-corrected chi connectivity index (χ1v) is 7.43. The van der Waals surface area contributed by atoms with Crippen LogP contribution in [0.1, 0.15) is 12.5 Å². The average molecular weight is 328 g/mol. The van der Waals surface area contributed by atoms with E-state index < -0.39 is 15.1 Å². The number of fused-ring (bicyclic) bond motifs is 1. The SMILES string of the molecule is CC1(OS(=O)(=O)Cl)Cc2cc(Br)ccc2O1. The Labute approximate surface area is 106 Å². The molecule has 0 saturated carbocycles. The van der Waals surface area contributed by atoms with Crippen molar-refractivity contribution in [2.24, 2.45) is 0 Å². The highest BCUT2D eigenvalue weighted by atomic mass is 79.9. The monoisotopic (exact) mass is 326 g/mol. The molecule has 1 unspecified atom stereocenters. The largest absolute Gasteiger partial charge is 0.461 e. The van der Waals surface area contributed by atoms with Crippen LogP contribution in [0.15, 0.2) is 22.7 Å². The molecule has 0 amide bonds. The number of ether oxygens (including phenoxy) is 1. The third kappa shape index (κ3) is 2.68. The van der Waals surface area contributed by atoms with Gasteiger partial charge in [0.1, 0.15) is 5.75 Å². The van der Waals surface area contributed by atoms with Crippen molar-refractivity contribution in [1.29, 1.82) is 0 Å². The fraction of sp³-hybridized carbons (Fsp3) is 0.333. The third-order valence-electron chi connectivity index (χ3n) is 2.14. The number of halogens is 2. The molecule has 1 heterocycles. The van der Waals surface area contributed by atoms with Gasteiger partial charge in [0.25, 0.3) is 0 Å². The molecule has 88 valence electrons. The summed E-state index contributed by atoms with van der Waals surface area (Å²) in [4.78, 5) is 0. The van der Waals surface area contributed by atoms with Crippen LogP contribution >= 0.6 is 26.6 Å². The Balaban J connectivity index is 2.28. The molecular weight excluding hydrogens is 320 g/mol. The highest BCUT2D eigenvalue weighted by Crippen LogP contribution is 2.38. The minimum atomic E-state index is -4.06. The summed E-state index contributed by atoms with van der Waals surface area (Å²) in [6.07, 6.45) is 0.327. The van der Waals surface area contributed by atoms with Crippen LogP contribution in [0.2, 0.25) is 0 Å². The van der Waals surface area contributed by atoms with Gasteiger partial charge >= 0.3 is 9.33 Å². The summed E-state index contributed by atoms with van der Waals surface area (Å²) in [6, 6.07) is 5.40. The summed E-state index contributed by atoms with van der Waals surface area (Å²) in [5.74, 6) is -0.657. The minimum Gasteiger partial charge on any atom is -0.461 e. The van der Waals surface area contributed by atoms with Crippen LogP contribution < -0.4 is 4.74 Å². The molecule has 0 N–H and O–H groups in total. The Morgan fingerprint density at radius 1 is 1.56 bits per heavy atom. The van der Waals surface area contributed by atoms with Crippen molar-refractivity contribution in [3.8, 4) is 5.75 Å². The van der Waals surface area contributed by atoms with Crippen molar-refractivity contribution in [2.75, 3.05) is 0 Å². The van der Waals surface area contributed by atoms with Crippen LogP contribution in [-0.4, -0.2) is 14.2 Å². The molecule has 1 aliphatic heterocycles. The lowest BCUT2D eigenvalue weighted by atomic mass is 10.1. The molecule has 0 saturated heterocycles. The van der Waals surface area contributed by atoms with E-state index in [0.29, 0.717) is 12.2 Å². The fourth-order valence-electron chi connectivity index (χ4n) is 1.66. The number of hydrogen-bond donors (Lipinski definition) is 0. The normalized spacial score (nSPS) is 23.9. The van der Waals surface area contributed by atoms with Crippen LogP contribution in [0, 0.1) is 0 Å². The Morgan fingerprint density at radius 2 is 2.25 bits per heavy atom. The number of benzene rings is 1. The summed E-state index contributed by atoms with van der Waals surface area (Å²) >= 11 is 3.32. The molecule has 2 rings (SSSR count). The fourth-order valence-corrected chi connectivity index (χ4v) is 2.98. The maximum atomic E-state index is 10.9. The van der Waals surface area contributed by atoms with Crippen molar-refractivity contribution < 1.29 is 17.3 Å². The quantitative estimate of drug-likeness (QED) is 0.784. The summed E-state index contributed by atoms with van der Waals surface area (Å²) in [7, 11) is 0.979. The van der Waals surface area contributed by atoms with Gasteiger partial charge in [-0.2, -0.15) is 8.42 Å². The number of hydrogen-bond acceptors (Lipinski definition) is 4. The van der Waals surface area contributed by atoms with Gasteiger partial charge in [-0.15, -0.1) is 0 Å². The zero-order valence-electron chi connectivity index (χ0n) is 8.24. The molecule has 0 fully saturated rings. The molecule has 0 aromatic heterocycles. The molecular formula is C9H8BrClO4S. The maximum Gasteiger partial charge on any atom is 0.359 e. The van der Waals surface area contributed by atoms with Crippen molar-refractivity contribution in [1.82, 2.24) is 0 Å². The first-order valence-electron chi connectivity index (χ1n) is 4.40. The Hall–Kier alpha value is -0.300. The first-order chi connectivity index (χ1) is 7.27. The molecule has 4 nitrogen and oxygen atoms in total. The van der Waals surface area contributed by atoms with Crippen molar-refractivity contribution in [3.05, 3.63) is 28.2 Å². The predicted molar refractivity (Wildman–Crippen MR) is 62.7 cm³/mol. The summed E-state index contributed by atoms with van der Waals surface area (Å²) < 4.78 is 32.8. The standard InChI is InChI=1S/C9H8BrClO4S/c1-9(15-16(11,12)13)5-6-4-7(10)2-3-8(6)14-9/h2-4H,5H2,1H3. The second kappa shape index (κ2) is 3.87. The van der Waals surface area contributed by atoms with E-state index in [1.165, 1.54) is 6.92 Å². The van der Waals surface area contributed by atoms with E-state index in [4.69, 9.17) is 19.6 Å². The lowest BCUT2D eigenvalue weighted by Crippen LogP contribution is -2.34. The highest BCUT2D eigenvalue weighted by molar-refractivity contribution is 9.10. The molecule has 1 aromatic rings. The topological polar surface area (TPSA) is 52.6 Å². The van der Waals surface area contributed by atoms with Gasteiger partial charge in [-0.3, -0.25) is 0 Å². The molecule has 0 bridgehead atoms. The van der Waals surface area contributed by atoms with E-state index in [-0.39, 0.29) is 0 Å². The smallest absolute Gasteiger partial charge is 0.359 e. The Kier molecular flexibility index (Phi) is 2.94. The van der Waals surface area contributed by atoms with Gasteiger partial charge in [0.2, 0.25) is 5.79 Å². The van der Waals surface area contributed by atoms with E-state index in [1.54, 1.807) is 12.1 Å². The molecule has 0 spiro atoms. The summed E-state index contributed by atoms with van der Waals surface area (Å²) in [5, 5.41) is 0. The van der Waals surface area contributed by atoms with Gasteiger partial charge in [-0.1, -0.05) is 15.9 Å². The lowest BCUT2D eigenvalue weighted by Gasteiger charge is -2.21. The molecule has 16 heavy (non-hydrogen) atoms. The molecule has 1 aromatic carbocycles. The van der Waals surface area contributed by atoms with Gasteiger partial charge in [-0.05, 0) is 18.2 Å². The van der Waals surface area contributed by atoms with Gasteiger partial charge in [0, 0.05) is 34.1 Å². The van der Waals surface area contributed by atoms with Crippen molar-refractivity contribution in [2.45, 2.75) is 19.1 Å². The van der Waals surface area contributed by atoms with E-state index in [0.717, 1.165) is 10.0 Å². The third-order valence-corrected chi connectivity index (χ3v) is 3.37. The van der Waals surface area contributed by atoms with Crippen molar-refractivity contribution in [3.63, 3.8) is 0 Å². The number of rotatable bonds is 2. The highest BCUT2D eigenvalue weighted by Gasteiger charge is 2.39. The van der Waals surface area contributed by atoms with Crippen LogP contribution in [0.3, 0.4) is 0 Å². The van der Waals surface area contributed by atoms with Gasteiger partial charge in [0.05, 0.1) is 0 Å². The van der Waals surface area contributed by atoms with E-state index in [2.05, 4.69) is 15.9 Å². The van der Waals surface area contributed by atoms with Gasteiger partial charge < -0.3 is 4.74 Å². The molecule has 1 atom stereocenters. The minimum absolute atomic E-state index is 0.327. The summed E-state index contributed by atoms with van der Waals surface area (Å²) in [6.45, 7) is 1.53. The van der Waals surface area contributed by atoms with E-state index >= 15 is 0 Å². The zero-order valence-corrected chi connectivity index (χ0v) is 11.4. The first kappa shape index (κ1) is 12.2. The molecule has 1 aliphatic rings. The second-order valence-electron chi connectivity index (χ2n) is 3.64. The molecule has 7 heteroatoms. The molecule has 0 aliphatic carbocycles. The lowest BCUT2D eigenvalue weighted by molar-refractivity contribution is -0.0727. The van der Waals surface area contributed by atoms with Crippen LogP contribution in [0.25, 0.3) is 0 Å². The van der Waals surface area contributed by atoms with Crippen LogP contribution in [0.4, 0.5) is 0 Å². The average Bonchev–Trinajstić information content (AvgIpc) is 2.35. The Bertz CT molecular complexity index is 530.